The average molecular weight is 289 g/mol. The van der Waals surface area contributed by atoms with E-state index in [1.165, 1.54) is 12.1 Å². The molecule has 0 bridgehead atoms. The van der Waals surface area contributed by atoms with Gasteiger partial charge in [0, 0.05) is 6.04 Å². The first kappa shape index (κ1) is 16.5. The molecule has 0 aromatic heterocycles. The van der Waals surface area contributed by atoms with Crippen molar-refractivity contribution in [2.75, 3.05) is 6.61 Å². The quantitative estimate of drug-likeness (QED) is 0.644. The molecule has 0 aliphatic heterocycles. The van der Waals surface area contributed by atoms with Gasteiger partial charge in [-0.05, 0) is 24.1 Å². The van der Waals surface area contributed by atoms with Gasteiger partial charge in [-0.1, -0.05) is 25.5 Å². The number of rotatable bonds is 6. The van der Waals surface area contributed by atoms with Gasteiger partial charge >= 0.3 is 12.1 Å². The van der Waals surface area contributed by atoms with Crippen LogP contribution in [0.3, 0.4) is 0 Å². The minimum absolute atomic E-state index is 0.134. The molecule has 1 aromatic carbocycles. The number of esters is 1. The Morgan fingerprint density at radius 1 is 1.40 bits per heavy atom. The minimum atomic E-state index is -4.42. The van der Waals surface area contributed by atoms with Crippen molar-refractivity contribution >= 4 is 5.97 Å². The summed E-state index contributed by atoms with van der Waals surface area (Å²) in [6.07, 6.45) is -2.90. The Labute approximate surface area is 115 Å². The third kappa shape index (κ3) is 5.21. The van der Waals surface area contributed by atoms with Gasteiger partial charge in [0.15, 0.2) is 0 Å². The van der Waals surface area contributed by atoms with Crippen LogP contribution < -0.4 is 5.73 Å². The molecule has 1 atom stereocenters. The lowest BCUT2D eigenvalue weighted by Crippen LogP contribution is -2.18. The Morgan fingerprint density at radius 3 is 2.70 bits per heavy atom. The molecule has 3 nitrogen and oxygen atoms in total. The molecule has 6 heteroatoms. The first-order valence-electron chi connectivity index (χ1n) is 6.43. The van der Waals surface area contributed by atoms with Gasteiger partial charge in [-0.25, -0.2) is 0 Å². The smallest absolute Gasteiger partial charge is 0.416 e. The summed E-state index contributed by atoms with van der Waals surface area (Å²) in [4.78, 5) is 11.5. The largest absolute Gasteiger partial charge is 0.466 e. The van der Waals surface area contributed by atoms with E-state index in [9.17, 15) is 18.0 Å². The monoisotopic (exact) mass is 289 g/mol. The average Bonchev–Trinajstić information content (AvgIpc) is 2.38. The number of halogens is 3. The lowest BCUT2D eigenvalue weighted by molar-refractivity contribution is -0.144. The fraction of sp³-hybridized carbons (Fsp3) is 0.500. The second-order valence-electron chi connectivity index (χ2n) is 4.51. The van der Waals surface area contributed by atoms with Crippen LogP contribution in [0.25, 0.3) is 0 Å². The zero-order chi connectivity index (χ0) is 15.2. The van der Waals surface area contributed by atoms with E-state index in [4.69, 9.17) is 10.5 Å². The Balaban J connectivity index is 2.63. The number of unbranched alkanes of at least 4 members (excludes halogenated alkanes) is 1. The predicted molar refractivity (Wildman–Crippen MR) is 68.9 cm³/mol. The third-order valence-electron chi connectivity index (χ3n) is 2.79. The molecule has 1 aromatic rings. The van der Waals surface area contributed by atoms with Crippen molar-refractivity contribution in [3.63, 3.8) is 0 Å². The number of benzene rings is 1. The Bertz CT molecular complexity index is 446. The molecular formula is C14H18F3NO2. The summed E-state index contributed by atoms with van der Waals surface area (Å²) in [6, 6.07) is 3.88. The molecule has 2 N–H and O–H groups in total. The van der Waals surface area contributed by atoms with Crippen molar-refractivity contribution in [3.8, 4) is 0 Å². The fourth-order valence-corrected chi connectivity index (χ4v) is 1.63. The van der Waals surface area contributed by atoms with Gasteiger partial charge in [-0.3, -0.25) is 4.79 Å². The summed E-state index contributed by atoms with van der Waals surface area (Å²) in [7, 11) is 0. The molecule has 0 radical (unpaired) electrons. The molecule has 0 spiro atoms. The van der Waals surface area contributed by atoms with Gasteiger partial charge < -0.3 is 10.5 Å². The van der Waals surface area contributed by atoms with Gasteiger partial charge in [0.05, 0.1) is 18.6 Å². The van der Waals surface area contributed by atoms with Crippen LogP contribution >= 0.6 is 0 Å². The van der Waals surface area contributed by atoms with E-state index >= 15 is 0 Å². The zero-order valence-electron chi connectivity index (χ0n) is 11.2. The summed E-state index contributed by atoms with van der Waals surface area (Å²) in [5, 5.41) is 0. The number of carbonyl (C=O) groups excluding carboxylic acids is 1. The van der Waals surface area contributed by atoms with E-state index in [1.807, 2.05) is 6.92 Å². The predicted octanol–water partition coefficient (Wildman–Crippen LogP) is 3.44. The van der Waals surface area contributed by atoms with Crippen molar-refractivity contribution in [1.29, 1.82) is 0 Å². The summed E-state index contributed by atoms with van der Waals surface area (Å²) in [5.74, 6) is -0.497. The highest BCUT2D eigenvalue weighted by atomic mass is 19.4. The van der Waals surface area contributed by atoms with Crippen LogP contribution in [0.5, 0.6) is 0 Å². The molecule has 0 saturated carbocycles. The summed E-state index contributed by atoms with van der Waals surface area (Å²) in [5.41, 5.74) is 5.24. The van der Waals surface area contributed by atoms with Crippen LogP contribution in [0.15, 0.2) is 24.3 Å². The zero-order valence-corrected chi connectivity index (χ0v) is 11.2. The highest BCUT2D eigenvalue weighted by Gasteiger charge is 2.30. The topological polar surface area (TPSA) is 52.3 Å². The lowest BCUT2D eigenvalue weighted by Gasteiger charge is -2.14. The van der Waals surface area contributed by atoms with Crippen LogP contribution in [0.2, 0.25) is 0 Å². The maximum absolute atomic E-state index is 12.6. The van der Waals surface area contributed by atoms with E-state index in [-0.39, 0.29) is 12.0 Å². The SMILES string of the molecule is CCCCOC(=O)CC(N)c1cccc(C(F)(F)F)c1. The number of hydrogen-bond donors (Lipinski definition) is 1. The highest BCUT2D eigenvalue weighted by molar-refractivity contribution is 5.70. The molecule has 0 heterocycles. The second kappa shape index (κ2) is 7.28. The first-order valence-corrected chi connectivity index (χ1v) is 6.43. The second-order valence-corrected chi connectivity index (χ2v) is 4.51. The Hall–Kier alpha value is -1.56. The summed E-state index contributed by atoms with van der Waals surface area (Å²) < 4.78 is 42.6. The van der Waals surface area contributed by atoms with Crippen LogP contribution in [-0.2, 0) is 15.7 Å². The van der Waals surface area contributed by atoms with Crippen molar-refractivity contribution in [2.45, 2.75) is 38.4 Å². The van der Waals surface area contributed by atoms with E-state index in [0.717, 1.165) is 25.0 Å². The first-order chi connectivity index (χ1) is 9.34. The van der Waals surface area contributed by atoms with Crippen molar-refractivity contribution < 1.29 is 22.7 Å². The van der Waals surface area contributed by atoms with Gasteiger partial charge in [0.2, 0.25) is 0 Å². The standard InChI is InChI=1S/C14H18F3NO2/c1-2-3-7-20-13(19)9-12(18)10-5-4-6-11(8-10)14(15,16)17/h4-6,8,12H,2-3,7,9,18H2,1H3. The number of ether oxygens (including phenoxy) is 1. The van der Waals surface area contributed by atoms with Crippen molar-refractivity contribution in [1.82, 2.24) is 0 Å². The molecule has 0 amide bonds. The van der Waals surface area contributed by atoms with Crippen LogP contribution in [0.4, 0.5) is 13.2 Å². The van der Waals surface area contributed by atoms with E-state index < -0.39 is 23.8 Å². The number of nitrogens with two attached hydrogens (primary N) is 1. The molecule has 0 fully saturated rings. The minimum Gasteiger partial charge on any atom is -0.466 e. The van der Waals surface area contributed by atoms with E-state index in [0.29, 0.717) is 6.61 Å². The normalized spacial score (nSPS) is 13.1. The Kier molecular flexibility index (Phi) is 6.01. The van der Waals surface area contributed by atoms with Crippen LogP contribution in [0.1, 0.15) is 43.4 Å². The third-order valence-corrected chi connectivity index (χ3v) is 2.79. The highest BCUT2D eigenvalue weighted by Crippen LogP contribution is 2.30. The molecule has 112 valence electrons. The molecule has 0 saturated heterocycles. The molecule has 0 aliphatic rings. The molecule has 1 rings (SSSR count). The van der Waals surface area contributed by atoms with E-state index in [2.05, 4.69) is 0 Å². The maximum atomic E-state index is 12.6. The van der Waals surface area contributed by atoms with Gasteiger partial charge in [0.25, 0.3) is 0 Å². The van der Waals surface area contributed by atoms with Gasteiger partial charge in [-0.2, -0.15) is 13.2 Å². The Morgan fingerprint density at radius 2 is 2.10 bits per heavy atom. The van der Waals surface area contributed by atoms with Crippen LogP contribution in [0, 0.1) is 0 Å². The molecule has 0 aliphatic carbocycles. The van der Waals surface area contributed by atoms with E-state index in [1.54, 1.807) is 0 Å². The summed E-state index contributed by atoms with van der Waals surface area (Å²) in [6.45, 7) is 2.27. The summed E-state index contributed by atoms with van der Waals surface area (Å²) >= 11 is 0. The van der Waals surface area contributed by atoms with Crippen LogP contribution in [-0.4, -0.2) is 12.6 Å². The number of hydrogen-bond acceptors (Lipinski definition) is 3. The maximum Gasteiger partial charge on any atom is 0.416 e. The fourth-order valence-electron chi connectivity index (χ4n) is 1.63. The lowest BCUT2D eigenvalue weighted by atomic mass is 10.0. The van der Waals surface area contributed by atoms with Gasteiger partial charge in [0.1, 0.15) is 0 Å². The van der Waals surface area contributed by atoms with Crippen molar-refractivity contribution in [2.24, 2.45) is 5.73 Å². The number of alkyl halides is 3. The molecule has 1 unspecified atom stereocenters. The number of carbonyl (C=O) groups is 1. The molecular weight excluding hydrogens is 271 g/mol. The molecule has 20 heavy (non-hydrogen) atoms. The van der Waals surface area contributed by atoms with Crippen molar-refractivity contribution in [3.05, 3.63) is 35.4 Å². The van der Waals surface area contributed by atoms with Gasteiger partial charge in [-0.15, -0.1) is 0 Å².